The molecule has 0 saturated carbocycles. The van der Waals surface area contributed by atoms with Crippen LogP contribution < -0.4 is 5.32 Å². The van der Waals surface area contributed by atoms with Gasteiger partial charge in [-0.3, -0.25) is 0 Å². The summed E-state index contributed by atoms with van der Waals surface area (Å²) in [4.78, 5) is 4.27. The van der Waals surface area contributed by atoms with E-state index < -0.39 is 0 Å². The number of aromatic nitrogens is 1. The highest BCUT2D eigenvalue weighted by Crippen LogP contribution is 2.23. The van der Waals surface area contributed by atoms with Gasteiger partial charge in [-0.25, -0.2) is 4.98 Å². The zero-order chi connectivity index (χ0) is 12.0. The summed E-state index contributed by atoms with van der Waals surface area (Å²) in [5.41, 5.74) is 3.10. The van der Waals surface area contributed by atoms with Crippen LogP contribution in [0.1, 0.15) is 33.4 Å². The first kappa shape index (κ1) is 14.0. The normalized spacial score (nSPS) is 14.0. The van der Waals surface area contributed by atoms with E-state index in [0.29, 0.717) is 10.8 Å². The molecule has 16 heavy (non-hydrogen) atoms. The van der Waals surface area contributed by atoms with Gasteiger partial charge < -0.3 is 5.32 Å². The summed E-state index contributed by atoms with van der Waals surface area (Å²) in [6.45, 7) is 10.1. The Morgan fingerprint density at radius 3 is 2.81 bits per heavy atom. The standard InChI is InChI=1S/C12H22N2S2/c1-10(7-16-12(2,3)4)13-6-5-11-8-15-9-14-11/h8-10,13H,5-7H2,1-4H3. The molecule has 1 aromatic rings. The highest BCUT2D eigenvalue weighted by atomic mass is 32.2. The molecule has 1 N–H and O–H groups in total. The van der Waals surface area contributed by atoms with Crippen LogP contribution in [0.25, 0.3) is 0 Å². The van der Waals surface area contributed by atoms with Crippen LogP contribution in [0.15, 0.2) is 10.9 Å². The van der Waals surface area contributed by atoms with Crippen molar-refractivity contribution in [1.82, 2.24) is 10.3 Å². The Bertz CT molecular complexity index is 278. The fourth-order valence-electron chi connectivity index (χ4n) is 1.24. The van der Waals surface area contributed by atoms with Crippen LogP contribution in [0.2, 0.25) is 0 Å². The van der Waals surface area contributed by atoms with E-state index in [9.17, 15) is 0 Å². The molecule has 1 heterocycles. The third-order valence-electron chi connectivity index (χ3n) is 2.12. The van der Waals surface area contributed by atoms with Gasteiger partial charge in [-0.05, 0) is 6.92 Å². The Morgan fingerprint density at radius 1 is 1.50 bits per heavy atom. The maximum absolute atomic E-state index is 4.27. The van der Waals surface area contributed by atoms with E-state index in [0.717, 1.165) is 13.0 Å². The van der Waals surface area contributed by atoms with Crippen LogP contribution in [0.4, 0.5) is 0 Å². The molecule has 0 aromatic carbocycles. The molecule has 0 amide bonds. The average molecular weight is 258 g/mol. The number of hydrogen-bond acceptors (Lipinski definition) is 4. The maximum Gasteiger partial charge on any atom is 0.0794 e. The summed E-state index contributed by atoms with van der Waals surface area (Å²) >= 11 is 3.68. The lowest BCUT2D eigenvalue weighted by molar-refractivity contribution is 0.592. The molecule has 1 unspecified atom stereocenters. The van der Waals surface area contributed by atoms with Crippen LogP contribution in [0.5, 0.6) is 0 Å². The molecule has 1 atom stereocenters. The molecule has 1 rings (SSSR count). The third kappa shape index (κ3) is 6.51. The van der Waals surface area contributed by atoms with E-state index in [2.05, 4.69) is 43.4 Å². The Labute approximate surface area is 107 Å². The smallest absolute Gasteiger partial charge is 0.0794 e. The van der Waals surface area contributed by atoms with E-state index in [1.807, 2.05) is 17.3 Å². The van der Waals surface area contributed by atoms with Crippen molar-refractivity contribution in [2.24, 2.45) is 0 Å². The highest BCUT2D eigenvalue weighted by Gasteiger charge is 2.12. The van der Waals surface area contributed by atoms with Gasteiger partial charge >= 0.3 is 0 Å². The van der Waals surface area contributed by atoms with Crippen LogP contribution in [0, 0.1) is 0 Å². The van der Waals surface area contributed by atoms with Gasteiger partial charge in [0, 0.05) is 34.9 Å². The monoisotopic (exact) mass is 258 g/mol. The first-order chi connectivity index (χ1) is 7.47. The quantitative estimate of drug-likeness (QED) is 0.848. The Hall–Kier alpha value is -0.0600. The first-order valence-corrected chi connectivity index (χ1v) is 7.64. The molecule has 2 nitrogen and oxygen atoms in total. The minimum Gasteiger partial charge on any atom is -0.313 e. The number of nitrogens with one attached hydrogen (secondary N) is 1. The van der Waals surface area contributed by atoms with Gasteiger partial charge in [-0.1, -0.05) is 20.8 Å². The van der Waals surface area contributed by atoms with E-state index in [-0.39, 0.29) is 0 Å². The molecule has 4 heteroatoms. The Morgan fingerprint density at radius 2 is 2.25 bits per heavy atom. The van der Waals surface area contributed by atoms with Crippen molar-refractivity contribution in [3.63, 3.8) is 0 Å². The van der Waals surface area contributed by atoms with Crippen molar-refractivity contribution in [3.05, 3.63) is 16.6 Å². The number of thioether (sulfide) groups is 1. The first-order valence-electron chi connectivity index (χ1n) is 5.72. The van der Waals surface area contributed by atoms with E-state index in [4.69, 9.17) is 0 Å². The van der Waals surface area contributed by atoms with Gasteiger partial charge in [0.15, 0.2) is 0 Å². The summed E-state index contributed by atoms with van der Waals surface area (Å²) in [5.74, 6) is 1.17. The van der Waals surface area contributed by atoms with Crippen molar-refractivity contribution in [2.45, 2.75) is 44.9 Å². The summed E-state index contributed by atoms with van der Waals surface area (Å²) in [7, 11) is 0. The molecule has 0 radical (unpaired) electrons. The van der Waals surface area contributed by atoms with Gasteiger partial charge in [-0.2, -0.15) is 11.8 Å². The predicted octanol–water partition coefficient (Wildman–Crippen LogP) is 3.20. The molecular formula is C12H22N2S2. The van der Waals surface area contributed by atoms with Crippen molar-refractivity contribution in [3.8, 4) is 0 Å². The van der Waals surface area contributed by atoms with E-state index in [1.54, 1.807) is 11.3 Å². The largest absolute Gasteiger partial charge is 0.313 e. The molecule has 0 spiro atoms. The average Bonchev–Trinajstić information content (AvgIpc) is 2.66. The van der Waals surface area contributed by atoms with E-state index >= 15 is 0 Å². The van der Waals surface area contributed by atoms with Crippen LogP contribution in [0.3, 0.4) is 0 Å². The Kier molecular flexibility index (Phi) is 5.79. The number of thiazole rings is 1. The molecule has 0 fully saturated rings. The zero-order valence-corrected chi connectivity index (χ0v) is 12.3. The van der Waals surface area contributed by atoms with Gasteiger partial charge in [0.05, 0.1) is 11.2 Å². The third-order valence-corrected chi connectivity index (χ3v) is 4.29. The lowest BCUT2D eigenvalue weighted by Crippen LogP contribution is -2.31. The van der Waals surface area contributed by atoms with Crippen molar-refractivity contribution in [2.75, 3.05) is 12.3 Å². The lowest BCUT2D eigenvalue weighted by Gasteiger charge is -2.21. The van der Waals surface area contributed by atoms with E-state index in [1.165, 1.54) is 11.4 Å². The summed E-state index contributed by atoms with van der Waals surface area (Å²) in [5, 5.41) is 5.66. The minimum absolute atomic E-state index is 0.366. The second-order valence-corrected chi connectivity index (χ2v) is 7.57. The minimum atomic E-state index is 0.366. The molecule has 0 bridgehead atoms. The van der Waals surface area contributed by atoms with Gasteiger partial charge in [0.25, 0.3) is 0 Å². The second kappa shape index (κ2) is 6.62. The van der Waals surface area contributed by atoms with Crippen LogP contribution >= 0.6 is 23.1 Å². The van der Waals surface area contributed by atoms with Gasteiger partial charge in [-0.15, -0.1) is 11.3 Å². The SMILES string of the molecule is CC(CSC(C)(C)C)NCCc1cscn1. The van der Waals surface area contributed by atoms with Crippen LogP contribution in [-0.4, -0.2) is 28.1 Å². The molecular weight excluding hydrogens is 236 g/mol. The van der Waals surface area contributed by atoms with Gasteiger partial charge in [0.2, 0.25) is 0 Å². The zero-order valence-electron chi connectivity index (χ0n) is 10.6. The molecule has 0 aliphatic carbocycles. The van der Waals surface area contributed by atoms with Gasteiger partial charge in [0.1, 0.15) is 0 Å². The summed E-state index contributed by atoms with van der Waals surface area (Å²) in [6.07, 6.45) is 1.04. The molecule has 0 aliphatic heterocycles. The fraction of sp³-hybridized carbons (Fsp3) is 0.750. The van der Waals surface area contributed by atoms with Crippen LogP contribution in [-0.2, 0) is 6.42 Å². The van der Waals surface area contributed by atoms with Crippen molar-refractivity contribution >= 4 is 23.1 Å². The molecule has 0 aliphatic rings. The number of nitrogens with zero attached hydrogens (tertiary/aromatic N) is 1. The van der Waals surface area contributed by atoms with Crippen molar-refractivity contribution < 1.29 is 0 Å². The summed E-state index contributed by atoms with van der Waals surface area (Å²) in [6, 6.07) is 0.572. The second-order valence-electron chi connectivity index (χ2n) is 5.01. The Balaban J connectivity index is 2.09. The maximum atomic E-state index is 4.27. The fourth-order valence-corrected chi connectivity index (χ4v) is 2.70. The number of hydrogen-bond donors (Lipinski definition) is 1. The molecule has 92 valence electrons. The topological polar surface area (TPSA) is 24.9 Å². The van der Waals surface area contributed by atoms with Crippen molar-refractivity contribution in [1.29, 1.82) is 0 Å². The highest BCUT2D eigenvalue weighted by molar-refractivity contribution is 8.00. The molecule has 1 aromatic heterocycles. The summed E-state index contributed by atoms with van der Waals surface area (Å²) < 4.78 is 0.366. The predicted molar refractivity (Wildman–Crippen MR) is 75.5 cm³/mol. The molecule has 0 saturated heterocycles. The number of rotatable bonds is 6. The lowest BCUT2D eigenvalue weighted by atomic mass is 10.3.